The van der Waals surface area contributed by atoms with Gasteiger partial charge in [-0.3, -0.25) is 4.79 Å². The molecule has 1 amide bonds. The van der Waals surface area contributed by atoms with E-state index in [2.05, 4.69) is 15.5 Å². The molecule has 0 fully saturated rings. The van der Waals surface area contributed by atoms with E-state index >= 15 is 0 Å². The number of rotatable bonds is 3. The van der Waals surface area contributed by atoms with E-state index in [4.69, 9.17) is 5.73 Å². The highest BCUT2D eigenvalue weighted by Gasteiger charge is 2.10. The van der Waals surface area contributed by atoms with Gasteiger partial charge in [-0.2, -0.15) is 0 Å². The largest absolute Gasteiger partial charge is 0.374 e. The standard InChI is InChI=1S/C7H12N4OS/c1-4(2)3-9-5(12)6-10-11-7(8)13-6/h4H,3H2,1-2H3,(H2,8,11)(H,9,12). The summed E-state index contributed by atoms with van der Waals surface area (Å²) in [7, 11) is 0. The van der Waals surface area contributed by atoms with Crippen molar-refractivity contribution in [3.8, 4) is 0 Å². The highest BCUT2D eigenvalue weighted by molar-refractivity contribution is 7.16. The van der Waals surface area contributed by atoms with E-state index in [1.165, 1.54) is 0 Å². The number of aromatic nitrogens is 2. The van der Waals surface area contributed by atoms with Crippen molar-refractivity contribution in [2.45, 2.75) is 13.8 Å². The van der Waals surface area contributed by atoms with Gasteiger partial charge in [0.05, 0.1) is 0 Å². The minimum absolute atomic E-state index is 0.206. The van der Waals surface area contributed by atoms with Gasteiger partial charge in [0.1, 0.15) is 0 Å². The summed E-state index contributed by atoms with van der Waals surface area (Å²) in [6.07, 6.45) is 0. The molecule has 0 bridgehead atoms. The van der Waals surface area contributed by atoms with Crippen LogP contribution in [-0.2, 0) is 0 Å². The summed E-state index contributed by atoms with van der Waals surface area (Å²) in [6, 6.07) is 0. The molecule has 0 atom stereocenters. The van der Waals surface area contributed by atoms with Crippen molar-refractivity contribution in [1.82, 2.24) is 15.5 Å². The van der Waals surface area contributed by atoms with E-state index in [-0.39, 0.29) is 5.91 Å². The third kappa shape index (κ3) is 2.98. The van der Waals surface area contributed by atoms with Crippen molar-refractivity contribution in [2.75, 3.05) is 12.3 Å². The summed E-state index contributed by atoms with van der Waals surface area (Å²) in [4.78, 5) is 11.3. The van der Waals surface area contributed by atoms with Crippen molar-refractivity contribution in [3.05, 3.63) is 5.01 Å². The average molecular weight is 200 g/mol. The maximum absolute atomic E-state index is 11.3. The molecular weight excluding hydrogens is 188 g/mol. The minimum atomic E-state index is -0.206. The maximum Gasteiger partial charge on any atom is 0.282 e. The van der Waals surface area contributed by atoms with Crippen LogP contribution in [0.3, 0.4) is 0 Å². The molecule has 3 N–H and O–H groups in total. The molecule has 0 saturated heterocycles. The predicted octanol–water partition coefficient (Wildman–Crippen LogP) is 0.506. The summed E-state index contributed by atoms with van der Waals surface area (Å²) < 4.78 is 0. The Labute approximate surface area is 80.4 Å². The Morgan fingerprint density at radius 1 is 1.62 bits per heavy atom. The van der Waals surface area contributed by atoms with Gasteiger partial charge in [-0.15, -0.1) is 10.2 Å². The van der Waals surface area contributed by atoms with Crippen LogP contribution in [-0.4, -0.2) is 22.6 Å². The maximum atomic E-state index is 11.3. The van der Waals surface area contributed by atoms with Gasteiger partial charge >= 0.3 is 0 Å². The summed E-state index contributed by atoms with van der Waals surface area (Å²) in [5, 5.41) is 10.5. The molecule has 0 saturated carbocycles. The second-order valence-corrected chi connectivity index (χ2v) is 4.06. The lowest BCUT2D eigenvalue weighted by Crippen LogP contribution is -2.27. The number of anilines is 1. The molecule has 1 heterocycles. The Morgan fingerprint density at radius 3 is 2.77 bits per heavy atom. The minimum Gasteiger partial charge on any atom is -0.374 e. The van der Waals surface area contributed by atoms with E-state index in [1.807, 2.05) is 13.8 Å². The molecule has 0 aliphatic heterocycles. The zero-order valence-electron chi connectivity index (χ0n) is 7.57. The Balaban J connectivity index is 2.49. The Bertz CT molecular complexity index is 296. The number of nitrogens with one attached hydrogen (secondary N) is 1. The summed E-state index contributed by atoms with van der Waals surface area (Å²) >= 11 is 1.09. The molecule has 0 spiro atoms. The van der Waals surface area contributed by atoms with Crippen LogP contribution in [0.15, 0.2) is 0 Å². The quantitative estimate of drug-likeness (QED) is 0.744. The van der Waals surface area contributed by atoms with Crippen LogP contribution in [0.1, 0.15) is 23.6 Å². The Kier molecular flexibility index (Phi) is 3.18. The second kappa shape index (κ2) is 4.18. The molecule has 5 nitrogen and oxygen atoms in total. The van der Waals surface area contributed by atoms with E-state index in [1.54, 1.807) is 0 Å². The van der Waals surface area contributed by atoms with Crippen LogP contribution < -0.4 is 11.1 Å². The van der Waals surface area contributed by atoms with Crippen molar-refractivity contribution < 1.29 is 4.79 Å². The lowest BCUT2D eigenvalue weighted by Gasteiger charge is -2.04. The van der Waals surface area contributed by atoms with Gasteiger partial charge in [-0.05, 0) is 5.92 Å². The fourth-order valence-electron chi connectivity index (χ4n) is 0.699. The Morgan fingerprint density at radius 2 is 2.31 bits per heavy atom. The first kappa shape index (κ1) is 9.91. The summed E-state index contributed by atoms with van der Waals surface area (Å²) in [6.45, 7) is 4.68. The normalized spacial score (nSPS) is 10.4. The molecule has 13 heavy (non-hydrogen) atoms. The first-order chi connectivity index (χ1) is 6.09. The van der Waals surface area contributed by atoms with Crippen LogP contribution >= 0.6 is 11.3 Å². The first-order valence-corrected chi connectivity index (χ1v) is 4.78. The SMILES string of the molecule is CC(C)CNC(=O)c1nnc(N)s1. The van der Waals surface area contributed by atoms with Gasteiger partial charge in [-0.25, -0.2) is 0 Å². The number of nitrogen functional groups attached to an aromatic ring is 1. The molecule has 0 unspecified atom stereocenters. The molecule has 0 radical (unpaired) electrons. The summed E-state index contributed by atoms with van der Waals surface area (Å²) in [5.41, 5.74) is 5.34. The van der Waals surface area contributed by atoms with Crippen LogP contribution in [0.4, 0.5) is 5.13 Å². The summed E-state index contributed by atoms with van der Waals surface area (Å²) in [5.74, 6) is 0.220. The zero-order chi connectivity index (χ0) is 9.84. The molecule has 1 aromatic heterocycles. The number of amides is 1. The number of nitrogens with two attached hydrogens (primary N) is 1. The molecule has 1 rings (SSSR count). The van der Waals surface area contributed by atoms with Gasteiger partial charge in [0, 0.05) is 6.54 Å². The number of carbonyl (C=O) groups is 1. The topological polar surface area (TPSA) is 80.9 Å². The van der Waals surface area contributed by atoms with Crippen molar-refractivity contribution in [1.29, 1.82) is 0 Å². The number of hydrogen-bond donors (Lipinski definition) is 2. The van der Waals surface area contributed by atoms with E-state index in [0.717, 1.165) is 11.3 Å². The highest BCUT2D eigenvalue weighted by atomic mass is 32.1. The second-order valence-electron chi connectivity index (χ2n) is 3.05. The third-order valence-corrected chi connectivity index (χ3v) is 2.06. The first-order valence-electron chi connectivity index (χ1n) is 3.96. The number of carbonyl (C=O) groups excluding carboxylic acids is 1. The van der Waals surface area contributed by atoms with Crippen molar-refractivity contribution in [2.24, 2.45) is 5.92 Å². The van der Waals surface area contributed by atoms with Crippen molar-refractivity contribution >= 4 is 22.4 Å². The van der Waals surface area contributed by atoms with Gasteiger partial charge < -0.3 is 11.1 Å². The molecular formula is C7H12N4OS. The zero-order valence-corrected chi connectivity index (χ0v) is 8.39. The highest BCUT2D eigenvalue weighted by Crippen LogP contribution is 2.10. The van der Waals surface area contributed by atoms with Crippen LogP contribution in [0.2, 0.25) is 0 Å². The van der Waals surface area contributed by atoms with E-state index < -0.39 is 0 Å². The fraction of sp³-hybridized carbons (Fsp3) is 0.571. The smallest absolute Gasteiger partial charge is 0.282 e. The van der Waals surface area contributed by atoms with Crippen LogP contribution in [0.25, 0.3) is 0 Å². The number of hydrogen-bond acceptors (Lipinski definition) is 5. The van der Waals surface area contributed by atoms with E-state index in [0.29, 0.717) is 22.6 Å². The van der Waals surface area contributed by atoms with E-state index in [9.17, 15) is 4.79 Å². The van der Waals surface area contributed by atoms with Gasteiger partial charge in [0.15, 0.2) is 0 Å². The monoisotopic (exact) mass is 200 g/mol. The molecule has 0 aromatic carbocycles. The molecule has 1 aromatic rings. The number of nitrogens with zero attached hydrogens (tertiary/aromatic N) is 2. The van der Waals surface area contributed by atoms with Crippen molar-refractivity contribution in [3.63, 3.8) is 0 Å². The Hall–Kier alpha value is -1.17. The lowest BCUT2D eigenvalue weighted by atomic mass is 10.2. The van der Waals surface area contributed by atoms with Crippen LogP contribution in [0, 0.1) is 5.92 Å². The van der Waals surface area contributed by atoms with Crippen LogP contribution in [0.5, 0.6) is 0 Å². The lowest BCUT2D eigenvalue weighted by molar-refractivity contribution is 0.0948. The molecule has 0 aliphatic carbocycles. The molecule has 72 valence electrons. The fourth-order valence-corrected chi connectivity index (χ4v) is 1.23. The molecule has 6 heteroatoms. The van der Waals surface area contributed by atoms with Gasteiger partial charge in [-0.1, -0.05) is 25.2 Å². The van der Waals surface area contributed by atoms with Gasteiger partial charge in [0.2, 0.25) is 10.1 Å². The predicted molar refractivity (Wildman–Crippen MR) is 51.5 cm³/mol. The average Bonchev–Trinajstić information content (AvgIpc) is 2.47. The molecule has 0 aliphatic rings. The van der Waals surface area contributed by atoms with Gasteiger partial charge in [0.25, 0.3) is 5.91 Å². The third-order valence-electron chi connectivity index (χ3n) is 1.31.